The molecule has 1 aromatic rings. The number of nitrogens with two attached hydrogens (primary N) is 1. The molecule has 1 fully saturated rings. The number of carbonyl (C=O) groups is 1. The molecular weight excluding hydrogens is 230 g/mol. The number of hydrogen-bond acceptors (Lipinski definition) is 4. The predicted molar refractivity (Wildman–Crippen MR) is 68.5 cm³/mol. The molecule has 0 saturated carbocycles. The molecule has 2 heterocycles. The van der Waals surface area contributed by atoms with Gasteiger partial charge in [0.25, 0.3) is 0 Å². The quantitative estimate of drug-likeness (QED) is 0.814. The molecule has 0 aliphatic carbocycles. The third kappa shape index (κ3) is 3.70. The molecule has 5 nitrogen and oxygen atoms in total. The Kier molecular flexibility index (Phi) is 4.52. The number of amides is 1. The fourth-order valence-electron chi connectivity index (χ4n) is 2.11. The lowest BCUT2D eigenvalue weighted by Gasteiger charge is -2.22. The summed E-state index contributed by atoms with van der Waals surface area (Å²) in [5, 5.41) is 3.38. The van der Waals surface area contributed by atoms with Crippen LogP contribution in [0.2, 0.25) is 0 Å². The molecule has 1 aromatic heterocycles. The number of hydrogen-bond donors (Lipinski definition) is 2. The monoisotopic (exact) mass is 249 g/mol. The van der Waals surface area contributed by atoms with Crippen LogP contribution in [0.3, 0.4) is 0 Å². The van der Waals surface area contributed by atoms with Gasteiger partial charge in [0.1, 0.15) is 0 Å². The zero-order valence-corrected chi connectivity index (χ0v) is 10.4. The van der Waals surface area contributed by atoms with Gasteiger partial charge in [0.05, 0.1) is 12.2 Å². The smallest absolute Gasteiger partial charge is 0.250 e. The Morgan fingerprint density at radius 3 is 3.06 bits per heavy atom. The molecule has 0 radical (unpaired) electrons. The van der Waals surface area contributed by atoms with Crippen molar-refractivity contribution < 1.29 is 9.53 Å². The summed E-state index contributed by atoms with van der Waals surface area (Å²) in [4.78, 5) is 14.9. The molecule has 0 spiro atoms. The van der Waals surface area contributed by atoms with Gasteiger partial charge in [-0.2, -0.15) is 0 Å². The van der Waals surface area contributed by atoms with E-state index >= 15 is 0 Å². The molecule has 3 N–H and O–H groups in total. The highest BCUT2D eigenvalue weighted by Crippen LogP contribution is 2.15. The molecule has 18 heavy (non-hydrogen) atoms. The van der Waals surface area contributed by atoms with E-state index in [-0.39, 0.29) is 0 Å². The van der Waals surface area contributed by atoms with Crippen molar-refractivity contribution in [2.45, 2.75) is 19.3 Å². The van der Waals surface area contributed by atoms with Crippen molar-refractivity contribution in [1.29, 1.82) is 0 Å². The number of pyridine rings is 1. The second kappa shape index (κ2) is 6.35. The third-order valence-electron chi connectivity index (χ3n) is 3.20. The van der Waals surface area contributed by atoms with E-state index in [4.69, 9.17) is 10.5 Å². The molecule has 98 valence electrons. The molecule has 0 bridgehead atoms. The maximum Gasteiger partial charge on any atom is 0.250 e. The van der Waals surface area contributed by atoms with E-state index in [0.717, 1.165) is 19.5 Å². The zero-order chi connectivity index (χ0) is 12.8. The third-order valence-corrected chi connectivity index (χ3v) is 3.20. The molecule has 1 saturated heterocycles. The average molecular weight is 249 g/mol. The van der Waals surface area contributed by atoms with Gasteiger partial charge in [-0.25, -0.2) is 4.98 Å². The summed E-state index contributed by atoms with van der Waals surface area (Å²) in [6, 6.07) is 3.31. The van der Waals surface area contributed by atoms with Crippen LogP contribution in [-0.4, -0.2) is 30.6 Å². The number of aromatic nitrogens is 1. The topological polar surface area (TPSA) is 77.2 Å². The van der Waals surface area contributed by atoms with Crippen molar-refractivity contribution in [2.75, 3.05) is 19.7 Å². The molecule has 1 atom stereocenters. The van der Waals surface area contributed by atoms with Crippen LogP contribution in [0.25, 0.3) is 0 Å². The van der Waals surface area contributed by atoms with Crippen LogP contribution >= 0.6 is 0 Å². The van der Waals surface area contributed by atoms with Crippen LogP contribution in [0.1, 0.15) is 29.6 Å². The van der Waals surface area contributed by atoms with E-state index in [1.54, 1.807) is 12.1 Å². The van der Waals surface area contributed by atoms with Gasteiger partial charge < -0.3 is 15.8 Å². The first-order chi connectivity index (χ1) is 8.75. The zero-order valence-electron chi connectivity index (χ0n) is 10.4. The van der Waals surface area contributed by atoms with E-state index in [2.05, 4.69) is 10.3 Å². The number of ether oxygens (including phenoxy) is 1. The highest BCUT2D eigenvalue weighted by atomic mass is 16.5. The van der Waals surface area contributed by atoms with Crippen LogP contribution < -0.4 is 15.8 Å². The molecular formula is C13H19N3O2. The molecule has 1 aliphatic rings. The van der Waals surface area contributed by atoms with Crippen molar-refractivity contribution in [1.82, 2.24) is 10.3 Å². The van der Waals surface area contributed by atoms with Gasteiger partial charge in [-0.1, -0.05) is 0 Å². The summed E-state index contributed by atoms with van der Waals surface area (Å²) in [6.45, 7) is 2.88. The number of rotatable bonds is 5. The van der Waals surface area contributed by atoms with Gasteiger partial charge in [-0.15, -0.1) is 0 Å². The number of nitrogens with zero attached hydrogens (tertiary/aromatic N) is 1. The van der Waals surface area contributed by atoms with Crippen molar-refractivity contribution >= 4 is 5.91 Å². The fraction of sp³-hybridized carbons (Fsp3) is 0.538. The van der Waals surface area contributed by atoms with Gasteiger partial charge in [0.2, 0.25) is 11.8 Å². The second-order valence-electron chi connectivity index (χ2n) is 4.60. The Balaban J connectivity index is 1.74. The number of primary amides is 1. The normalized spacial score (nSPS) is 19.4. The van der Waals surface area contributed by atoms with Crippen LogP contribution in [0.4, 0.5) is 0 Å². The summed E-state index contributed by atoms with van der Waals surface area (Å²) < 4.78 is 5.55. The standard InChI is InChI=1S/C13H19N3O2/c14-13(17)11-3-4-12(16-9-11)18-7-5-10-2-1-6-15-8-10/h3-4,9-10,15H,1-2,5-8H2,(H2,14,17). The Morgan fingerprint density at radius 1 is 1.56 bits per heavy atom. The van der Waals surface area contributed by atoms with Gasteiger partial charge in [0, 0.05) is 12.3 Å². The van der Waals surface area contributed by atoms with Crippen molar-refractivity contribution in [3.05, 3.63) is 23.9 Å². The fourth-order valence-corrected chi connectivity index (χ4v) is 2.11. The summed E-state index contributed by atoms with van der Waals surface area (Å²) >= 11 is 0. The highest BCUT2D eigenvalue weighted by molar-refractivity contribution is 5.92. The van der Waals surface area contributed by atoms with Crippen LogP contribution in [0.5, 0.6) is 5.88 Å². The van der Waals surface area contributed by atoms with Crippen molar-refractivity contribution in [3.63, 3.8) is 0 Å². The van der Waals surface area contributed by atoms with Gasteiger partial charge in [0.15, 0.2) is 0 Å². The molecule has 2 rings (SSSR count). The molecule has 0 aromatic carbocycles. The Labute approximate surface area is 107 Å². The summed E-state index contributed by atoms with van der Waals surface area (Å²) in [6.07, 6.45) is 4.99. The second-order valence-corrected chi connectivity index (χ2v) is 4.60. The lowest BCUT2D eigenvalue weighted by atomic mass is 9.97. The largest absolute Gasteiger partial charge is 0.478 e. The summed E-state index contributed by atoms with van der Waals surface area (Å²) in [5.41, 5.74) is 5.54. The Hall–Kier alpha value is -1.62. The molecule has 5 heteroatoms. The first-order valence-electron chi connectivity index (χ1n) is 6.35. The van der Waals surface area contributed by atoms with Crippen molar-refractivity contribution in [3.8, 4) is 5.88 Å². The summed E-state index contributed by atoms with van der Waals surface area (Å²) in [5.74, 6) is 0.773. The average Bonchev–Trinajstić information content (AvgIpc) is 2.40. The highest BCUT2D eigenvalue weighted by Gasteiger charge is 2.12. The van der Waals surface area contributed by atoms with Gasteiger partial charge in [-0.3, -0.25) is 4.79 Å². The van der Waals surface area contributed by atoms with E-state index in [1.165, 1.54) is 19.0 Å². The van der Waals surface area contributed by atoms with Gasteiger partial charge in [-0.05, 0) is 44.3 Å². The predicted octanol–water partition coefficient (Wildman–Crippen LogP) is 0.949. The van der Waals surface area contributed by atoms with E-state index < -0.39 is 5.91 Å². The first-order valence-corrected chi connectivity index (χ1v) is 6.35. The molecule has 1 aliphatic heterocycles. The van der Waals surface area contributed by atoms with Crippen LogP contribution in [0.15, 0.2) is 18.3 Å². The Morgan fingerprint density at radius 2 is 2.44 bits per heavy atom. The van der Waals surface area contributed by atoms with E-state index in [0.29, 0.717) is 24.0 Å². The number of piperidine rings is 1. The van der Waals surface area contributed by atoms with E-state index in [9.17, 15) is 4.79 Å². The lowest BCUT2D eigenvalue weighted by Crippen LogP contribution is -2.30. The minimum absolute atomic E-state index is 0.402. The first kappa shape index (κ1) is 12.8. The molecule has 1 unspecified atom stereocenters. The molecule has 1 amide bonds. The lowest BCUT2D eigenvalue weighted by molar-refractivity contribution is 0.1000. The number of carbonyl (C=O) groups excluding carboxylic acids is 1. The van der Waals surface area contributed by atoms with Crippen LogP contribution in [-0.2, 0) is 0 Å². The summed E-state index contributed by atoms with van der Waals surface area (Å²) in [7, 11) is 0. The maximum atomic E-state index is 10.9. The maximum absolute atomic E-state index is 10.9. The SMILES string of the molecule is NC(=O)c1ccc(OCCC2CCCNC2)nc1. The number of nitrogens with one attached hydrogen (secondary N) is 1. The Bertz CT molecular complexity index is 386. The van der Waals surface area contributed by atoms with Gasteiger partial charge >= 0.3 is 0 Å². The van der Waals surface area contributed by atoms with Crippen molar-refractivity contribution in [2.24, 2.45) is 11.7 Å². The minimum Gasteiger partial charge on any atom is -0.478 e. The van der Waals surface area contributed by atoms with E-state index in [1.807, 2.05) is 0 Å². The van der Waals surface area contributed by atoms with Crippen LogP contribution in [0, 0.1) is 5.92 Å². The minimum atomic E-state index is -0.470.